The summed E-state index contributed by atoms with van der Waals surface area (Å²) < 4.78 is 76.5. The first-order valence-electron chi connectivity index (χ1n) is 9.87. The fourth-order valence-corrected chi connectivity index (χ4v) is 4.20. The van der Waals surface area contributed by atoms with Crippen LogP contribution in [0.4, 0.5) is 13.2 Å². The van der Waals surface area contributed by atoms with E-state index in [4.69, 9.17) is 21.1 Å². The summed E-state index contributed by atoms with van der Waals surface area (Å²) in [5.41, 5.74) is -0.833. The van der Waals surface area contributed by atoms with Crippen LogP contribution in [0.5, 0.6) is 11.5 Å². The lowest BCUT2D eigenvalue weighted by Gasteiger charge is -2.28. The predicted octanol–water partition coefficient (Wildman–Crippen LogP) is 3.84. The van der Waals surface area contributed by atoms with Crippen molar-refractivity contribution < 1.29 is 45.8 Å². The molecule has 3 rings (SSSR count). The smallest absolute Gasteiger partial charge is 0.416 e. The first kappa shape index (κ1) is 25.8. The van der Waals surface area contributed by atoms with Crippen molar-refractivity contribution in [1.82, 2.24) is 4.72 Å². The highest BCUT2D eigenvalue weighted by Crippen LogP contribution is 2.43. The predicted molar refractivity (Wildman–Crippen MR) is 115 cm³/mol. The van der Waals surface area contributed by atoms with Crippen molar-refractivity contribution in [3.63, 3.8) is 0 Å². The SMILES string of the molecule is CCS(=O)(=O)N[C@H](COc1cc(C(F)(F)F)ccc1[C@@H]1CC(=O)c2cccc(Cl)c2O1)C(=O)O. The van der Waals surface area contributed by atoms with Crippen LogP contribution >= 0.6 is 11.6 Å². The van der Waals surface area contributed by atoms with E-state index in [1.165, 1.54) is 19.1 Å². The molecule has 0 fully saturated rings. The number of hydrogen-bond acceptors (Lipinski definition) is 6. The molecule has 1 heterocycles. The van der Waals surface area contributed by atoms with Crippen molar-refractivity contribution in [3.05, 3.63) is 58.1 Å². The highest BCUT2D eigenvalue weighted by Gasteiger charge is 2.35. The van der Waals surface area contributed by atoms with Gasteiger partial charge in [0.2, 0.25) is 10.0 Å². The summed E-state index contributed by atoms with van der Waals surface area (Å²) in [6.07, 6.45) is -6.06. The Hall–Kier alpha value is -2.83. The van der Waals surface area contributed by atoms with Crippen molar-refractivity contribution in [2.45, 2.75) is 31.7 Å². The molecule has 2 N–H and O–H groups in total. The Labute approximate surface area is 197 Å². The van der Waals surface area contributed by atoms with E-state index in [0.29, 0.717) is 6.07 Å². The number of carboxylic acids is 1. The van der Waals surface area contributed by atoms with Crippen LogP contribution < -0.4 is 14.2 Å². The summed E-state index contributed by atoms with van der Waals surface area (Å²) in [5, 5.41) is 9.45. The van der Waals surface area contributed by atoms with E-state index in [1.54, 1.807) is 6.07 Å². The maximum absolute atomic E-state index is 13.3. The molecule has 0 aromatic heterocycles. The zero-order valence-electron chi connectivity index (χ0n) is 17.6. The number of hydrogen-bond donors (Lipinski definition) is 2. The number of carbonyl (C=O) groups excluding carboxylic acids is 1. The van der Waals surface area contributed by atoms with Gasteiger partial charge in [0, 0.05) is 5.56 Å². The van der Waals surface area contributed by atoms with Gasteiger partial charge in [-0.15, -0.1) is 0 Å². The summed E-state index contributed by atoms with van der Waals surface area (Å²) in [6.45, 7) is 0.467. The molecule has 8 nitrogen and oxygen atoms in total. The molecule has 1 aliphatic rings. The Bertz CT molecular complexity index is 1220. The van der Waals surface area contributed by atoms with Gasteiger partial charge >= 0.3 is 12.1 Å². The molecule has 0 amide bonds. The van der Waals surface area contributed by atoms with E-state index >= 15 is 0 Å². The first-order chi connectivity index (χ1) is 15.8. The van der Waals surface area contributed by atoms with Gasteiger partial charge in [0.1, 0.15) is 24.2 Å². The van der Waals surface area contributed by atoms with E-state index in [2.05, 4.69) is 0 Å². The number of ketones is 1. The third kappa shape index (κ3) is 5.80. The molecular formula is C21H19ClF3NO7S. The molecule has 184 valence electrons. The van der Waals surface area contributed by atoms with E-state index in [9.17, 15) is 36.3 Å². The Morgan fingerprint density at radius 1 is 1.32 bits per heavy atom. The van der Waals surface area contributed by atoms with Crippen LogP contribution in [0.15, 0.2) is 36.4 Å². The number of ether oxygens (including phenoxy) is 2. The van der Waals surface area contributed by atoms with E-state index in [0.717, 1.165) is 12.1 Å². The van der Waals surface area contributed by atoms with Gasteiger partial charge in [0.25, 0.3) is 0 Å². The average molecular weight is 522 g/mol. The third-order valence-electron chi connectivity index (χ3n) is 4.99. The Morgan fingerprint density at radius 3 is 2.65 bits per heavy atom. The van der Waals surface area contributed by atoms with Crippen LogP contribution in [0.2, 0.25) is 5.02 Å². The summed E-state index contributed by atoms with van der Waals surface area (Å²) in [6, 6.07) is 5.24. The zero-order valence-corrected chi connectivity index (χ0v) is 19.1. The van der Waals surface area contributed by atoms with Gasteiger partial charge in [-0.25, -0.2) is 8.42 Å². The maximum atomic E-state index is 13.3. The van der Waals surface area contributed by atoms with Crippen LogP contribution in [0, 0.1) is 0 Å². The number of nitrogens with one attached hydrogen (secondary N) is 1. The lowest BCUT2D eigenvalue weighted by Crippen LogP contribution is -2.45. The lowest BCUT2D eigenvalue weighted by atomic mass is 9.95. The number of aliphatic carboxylic acids is 1. The van der Waals surface area contributed by atoms with Crippen LogP contribution in [0.1, 0.15) is 40.9 Å². The Kier molecular flexibility index (Phi) is 7.44. The minimum atomic E-state index is -4.74. The minimum Gasteiger partial charge on any atom is -0.491 e. The number of rotatable bonds is 8. The van der Waals surface area contributed by atoms with E-state index in [1.807, 2.05) is 4.72 Å². The number of carbonyl (C=O) groups is 2. The summed E-state index contributed by atoms with van der Waals surface area (Å²) in [7, 11) is -3.95. The van der Waals surface area contributed by atoms with Crippen molar-refractivity contribution >= 4 is 33.4 Å². The first-order valence-corrected chi connectivity index (χ1v) is 11.9. The standard InChI is InChI=1S/C21H19ClF3NO7S/c1-2-34(30,31)26-15(20(28)29)10-32-17-8-11(21(23,24)25)6-7-13(17)18-9-16(27)12-4-3-5-14(22)19(12)33-18/h3-8,15,18,26H,2,9-10H2,1H3,(H,28,29)/t15-,18+/m1/s1. The number of fused-ring (bicyclic) bond motifs is 1. The zero-order chi connectivity index (χ0) is 25.3. The van der Waals surface area contributed by atoms with Crippen LogP contribution in [-0.2, 0) is 21.0 Å². The van der Waals surface area contributed by atoms with E-state index in [-0.39, 0.29) is 34.1 Å². The molecule has 0 bridgehead atoms. The van der Waals surface area contributed by atoms with Crippen LogP contribution in [-0.4, -0.2) is 43.7 Å². The van der Waals surface area contributed by atoms with Gasteiger partial charge in [0.05, 0.1) is 28.3 Å². The molecule has 0 unspecified atom stereocenters. The molecule has 2 atom stereocenters. The molecule has 0 radical (unpaired) electrons. The lowest BCUT2D eigenvalue weighted by molar-refractivity contribution is -0.140. The van der Waals surface area contributed by atoms with Gasteiger partial charge < -0.3 is 14.6 Å². The van der Waals surface area contributed by atoms with Gasteiger partial charge in [-0.2, -0.15) is 17.9 Å². The van der Waals surface area contributed by atoms with Crippen molar-refractivity contribution in [1.29, 1.82) is 0 Å². The third-order valence-corrected chi connectivity index (χ3v) is 6.69. The van der Waals surface area contributed by atoms with E-state index < -0.39 is 58.0 Å². The number of benzene rings is 2. The Balaban J connectivity index is 1.97. The molecule has 34 heavy (non-hydrogen) atoms. The van der Waals surface area contributed by atoms with Crippen molar-refractivity contribution in [3.8, 4) is 11.5 Å². The fourth-order valence-electron chi connectivity index (χ4n) is 3.21. The second-order valence-corrected chi connectivity index (χ2v) is 9.77. The highest BCUT2D eigenvalue weighted by molar-refractivity contribution is 7.89. The molecule has 2 aromatic carbocycles. The van der Waals surface area contributed by atoms with Gasteiger partial charge in [-0.3, -0.25) is 9.59 Å². The molecule has 0 spiro atoms. The van der Waals surface area contributed by atoms with Crippen molar-refractivity contribution in [2.24, 2.45) is 0 Å². The molecule has 1 aliphatic heterocycles. The maximum Gasteiger partial charge on any atom is 0.416 e. The number of para-hydroxylation sites is 1. The quantitative estimate of drug-likeness (QED) is 0.541. The Morgan fingerprint density at radius 2 is 2.03 bits per heavy atom. The second-order valence-electron chi connectivity index (χ2n) is 7.32. The van der Waals surface area contributed by atoms with Crippen LogP contribution in [0.25, 0.3) is 0 Å². The summed E-state index contributed by atoms with van der Waals surface area (Å²) in [5.74, 6) is -2.71. The molecular weight excluding hydrogens is 503 g/mol. The average Bonchev–Trinajstić information content (AvgIpc) is 2.76. The number of alkyl halides is 3. The number of sulfonamides is 1. The van der Waals surface area contributed by atoms with Gasteiger partial charge in [-0.1, -0.05) is 23.7 Å². The van der Waals surface area contributed by atoms with Crippen molar-refractivity contribution in [2.75, 3.05) is 12.4 Å². The van der Waals surface area contributed by atoms with Gasteiger partial charge in [-0.05, 0) is 31.2 Å². The topological polar surface area (TPSA) is 119 Å². The molecule has 0 saturated carbocycles. The molecule has 2 aromatic rings. The number of carboxylic acid groups (broad SMARTS) is 1. The number of halogens is 4. The normalized spacial score (nSPS) is 17.0. The summed E-state index contributed by atoms with van der Waals surface area (Å²) in [4.78, 5) is 24.1. The largest absolute Gasteiger partial charge is 0.491 e. The molecule has 0 aliphatic carbocycles. The van der Waals surface area contributed by atoms with Gasteiger partial charge in [0.15, 0.2) is 11.8 Å². The molecule has 0 saturated heterocycles. The minimum absolute atomic E-state index is 0.0365. The monoisotopic (exact) mass is 521 g/mol. The van der Waals surface area contributed by atoms with Crippen LogP contribution in [0.3, 0.4) is 0 Å². The highest BCUT2D eigenvalue weighted by atomic mass is 35.5. The second kappa shape index (κ2) is 9.80. The fraction of sp³-hybridized carbons (Fsp3) is 0.333. The summed E-state index contributed by atoms with van der Waals surface area (Å²) >= 11 is 6.11. The number of Topliss-reactive ketones (excluding diaryl/α,β-unsaturated/α-hetero) is 1. The molecule has 13 heteroatoms.